The van der Waals surface area contributed by atoms with Crippen molar-refractivity contribution in [3.05, 3.63) is 64.9 Å². The molecule has 1 N–H and O–H groups in total. The topological polar surface area (TPSA) is 50.8 Å². The summed E-state index contributed by atoms with van der Waals surface area (Å²) in [5.41, 5.74) is 0.915. The second-order valence-electron chi connectivity index (χ2n) is 6.30. The zero-order valence-corrected chi connectivity index (χ0v) is 15.6. The lowest BCUT2D eigenvalue weighted by Gasteiger charge is -2.32. The number of ether oxygens (including phenoxy) is 2. The highest BCUT2D eigenvalue weighted by Gasteiger charge is 2.23. The molecule has 0 aromatic heterocycles. The first-order valence-electron chi connectivity index (χ1n) is 8.84. The molecule has 0 saturated carbocycles. The van der Waals surface area contributed by atoms with Crippen LogP contribution in [0.2, 0.25) is 5.02 Å². The molecule has 1 aliphatic heterocycles. The smallest absolute Gasteiger partial charge is 0.234 e. The van der Waals surface area contributed by atoms with E-state index in [9.17, 15) is 9.18 Å². The Kier molecular flexibility index (Phi) is 7.04. The molecule has 0 aliphatic carbocycles. The van der Waals surface area contributed by atoms with Crippen LogP contribution in [0.3, 0.4) is 0 Å². The first kappa shape index (κ1) is 19.6. The summed E-state index contributed by atoms with van der Waals surface area (Å²) >= 11 is 5.82. The van der Waals surface area contributed by atoms with Crippen molar-refractivity contribution in [2.75, 3.05) is 39.4 Å². The van der Waals surface area contributed by atoms with Gasteiger partial charge in [-0.1, -0.05) is 23.7 Å². The van der Waals surface area contributed by atoms with Crippen molar-refractivity contribution in [3.8, 4) is 5.75 Å². The zero-order chi connectivity index (χ0) is 19.1. The number of nitrogens with one attached hydrogen (secondary N) is 1. The minimum absolute atomic E-state index is 0.0607. The first-order valence-corrected chi connectivity index (χ1v) is 9.22. The molecule has 5 nitrogen and oxygen atoms in total. The van der Waals surface area contributed by atoms with Crippen LogP contribution in [-0.2, 0) is 9.53 Å². The van der Waals surface area contributed by atoms with Crippen molar-refractivity contribution >= 4 is 17.5 Å². The van der Waals surface area contributed by atoms with Gasteiger partial charge in [0.2, 0.25) is 5.91 Å². The fourth-order valence-corrected chi connectivity index (χ4v) is 3.00. The number of nitrogens with zero attached hydrogens (tertiary/aromatic N) is 1. The molecule has 0 spiro atoms. The fraction of sp³-hybridized carbons (Fsp3) is 0.350. The van der Waals surface area contributed by atoms with Gasteiger partial charge in [0.25, 0.3) is 0 Å². The molecule has 0 bridgehead atoms. The van der Waals surface area contributed by atoms with E-state index in [1.54, 1.807) is 36.4 Å². The van der Waals surface area contributed by atoms with Crippen molar-refractivity contribution < 1.29 is 18.7 Å². The average molecular weight is 393 g/mol. The second kappa shape index (κ2) is 9.69. The number of carbonyl (C=O) groups is 1. The summed E-state index contributed by atoms with van der Waals surface area (Å²) in [7, 11) is 0. The molecule has 1 heterocycles. The third-order valence-corrected chi connectivity index (χ3v) is 4.52. The van der Waals surface area contributed by atoms with Gasteiger partial charge in [-0.15, -0.1) is 0 Å². The molecule has 1 fully saturated rings. The SMILES string of the molecule is O=C(CN1CCOC(c2ccc(F)cc2)C1)NCCOc1ccc(Cl)cc1. The number of morpholine rings is 1. The lowest BCUT2D eigenvalue weighted by atomic mass is 10.1. The Morgan fingerprint density at radius 3 is 2.70 bits per heavy atom. The molecule has 144 valence electrons. The van der Waals surface area contributed by atoms with Gasteiger partial charge in [-0.2, -0.15) is 0 Å². The Morgan fingerprint density at radius 2 is 1.96 bits per heavy atom. The van der Waals surface area contributed by atoms with Gasteiger partial charge >= 0.3 is 0 Å². The van der Waals surface area contributed by atoms with E-state index >= 15 is 0 Å². The highest BCUT2D eigenvalue weighted by molar-refractivity contribution is 6.30. The van der Waals surface area contributed by atoms with Gasteiger partial charge < -0.3 is 14.8 Å². The summed E-state index contributed by atoms with van der Waals surface area (Å²) in [5, 5.41) is 3.50. The number of benzene rings is 2. The fourth-order valence-electron chi connectivity index (χ4n) is 2.87. The van der Waals surface area contributed by atoms with Crippen LogP contribution >= 0.6 is 11.6 Å². The highest BCUT2D eigenvalue weighted by atomic mass is 35.5. The molecular weight excluding hydrogens is 371 g/mol. The normalized spacial score (nSPS) is 17.5. The van der Waals surface area contributed by atoms with E-state index in [-0.39, 0.29) is 17.8 Å². The zero-order valence-electron chi connectivity index (χ0n) is 14.9. The number of hydrogen-bond donors (Lipinski definition) is 1. The summed E-state index contributed by atoms with van der Waals surface area (Å²) in [6.07, 6.45) is -0.152. The van der Waals surface area contributed by atoms with Gasteiger partial charge in [0.05, 0.1) is 25.8 Å². The Labute approximate surface area is 163 Å². The van der Waals surface area contributed by atoms with Crippen LogP contribution < -0.4 is 10.1 Å². The van der Waals surface area contributed by atoms with Crippen molar-refractivity contribution in [1.29, 1.82) is 0 Å². The van der Waals surface area contributed by atoms with E-state index in [0.29, 0.717) is 50.2 Å². The van der Waals surface area contributed by atoms with Gasteiger partial charge in [-0.3, -0.25) is 9.69 Å². The van der Waals surface area contributed by atoms with Crippen molar-refractivity contribution in [1.82, 2.24) is 10.2 Å². The predicted molar refractivity (Wildman–Crippen MR) is 101 cm³/mol. The van der Waals surface area contributed by atoms with Crippen LogP contribution in [0.15, 0.2) is 48.5 Å². The van der Waals surface area contributed by atoms with E-state index in [4.69, 9.17) is 21.1 Å². The Balaban J connectivity index is 1.38. The van der Waals surface area contributed by atoms with Gasteiger partial charge in [0.1, 0.15) is 18.2 Å². The van der Waals surface area contributed by atoms with E-state index < -0.39 is 0 Å². The van der Waals surface area contributed by atoms with Crippen molar-refractivity contribution in [2.45, 2.75) is 6.10 Å². The summed E-state index contributed by atoms with van der Waals surface area (Å²) in [4.78, 5) is 14.2. The van der Waals surface area contributed by atoms with E-state index in [1.807, 2.05) is 4.90 Å². The molecule has 7 heteroatoms. The van der Waals surface area contributed by atoms with Crippen LogP contribution in [0, 0.1) is 5.82 Å². The number of hydrogen-bond acceptors (Lipinski definition) is 4. The molecule has 2 aromatic carbocycles. The summed E-state index contributed by atoms with van der Waals surface area (Å²) in [5.74, 6) is 0.380. The molecule has 1 aliphatic rings. The van der Waals surface area contributed by atoms with Crippen LogP contribution in [0.25, 0.3) is 0 Å². The van der Waals surface area contributed by atoms with Crippen LogP contribution in [0.1, 0.15) is 11.7 Å². The number of halogens is 2. The summed E-state index contributed by atoms with van der Waals surface area (Å²) in [6, 6.07) is 13.4. The molecule has 2 aromatic rings. The molecular formula is C20H22ClFN2O3. The third kappa shape index (κ3) is 6.20. The van der Waals surface area contributed by atoms with Crippen LogP contribution in [0.4, 0.5) is 4.39 Å². The van der Waals surface area contributed by atoms with Gasteiger partial charge in [-0.25, -0.2) is 4.39 Å². The maximum Gasteiger partial charge on any atom is 0.234 e. The van der Waals surface area contributed by atoms with Crippen molar-refractivity contribution in [3.63, 3.8) is 0 Å². The van der Waals surface area contributed by atoms with E-state index in [2.05, 4.69) is 5.32 Å². The highest BCUT2D eigenvalue weighted by Crippen LogP contribution is 2.22. The summed E-state index contributed by atoms with van der Waals surface area (Å²) < 4.78 is 24.4. The monoisotopic (exact) mass is 392 g/mol. The molecule has 1 saturated heterocycles. The average Bonchev–Trinajstić information content (AvgIpc) is 2.67. The molecule has 1 amide bonds. The minimum atomic E-state index is -0.272. The Hall–Kier alpha value is -2.15. The number of carbonyl (C=O) groups excluding carboxylic acids is 1. The number of amides is 1. The van der Waals surface area contributed by atoms with Gasteiger partial charge in [-0.05, 0) is 42.0 Å². The van der Waals surface area contributed by atoms with Gasteiger partial charge in [0.15, 0.2) is 0 Å². The third-order valence-electron chi connectivity index (χ3n) is 4.27. The van der Waals surface area contributed by atoms with Crippen LogP contribution in [-0.4, -0.2) is 50.2 Å². The minimum Gasteiger partial charge on any atom is -0.492 e. The summed E-state index contributed by atoms with van der Waals surface area (Å²) in [6.45, 7) is 2.92. The quantitative estimate of drug-likeness (QED) is 0.736. The van der Waals surface area contributed by atoms with Crippen LogP contribution in [0.5, 0.6) is 5.75 Å². The predicted octanol–water partition coefficient (Wildman–Crippen LogP) is 3.05. The number of rotatable bonds is 7. The largest absolute Gasteiger partial charge is 0.492 e. The van der Waals surface area contributed by atoms with Gasteiger partial charge in [0, 0.05) is 18.1 Å². The second-order valence-corrected chi connectivity index (χ2v) is 6.73. The lowest BCUT2D eigenvalue weighted by molar-refractivity contribution is -0.124. The Bertz CT molecular complexity index is 740. The van der Waals surface area contributed by atoms with Crippen molar-refractivity contribution in [2.24, 2.45) is 0 Å². The lowest BCUT2D eigenvalue weighted by Crippen LogP contribution is -2.44. The maximum atomic E-state index is 13.1. The standard InChI is InChI=1S/C20H22ClFN2O3/c21-16-3-7-18(8-4-16)26-11-9-23-20(25)14-24-10-12-27-19(13-24)15-1-5-17(22)6-2-15/h1-8,19H,9-14H2,(H,23,25). The Morgan fingerprint density at radius 1 is 1.22 bits per heavy atom. The van der Waals surface area contributed by atoms with E-state index in [0.717, 1.165) is 5.56 Å². The molecule has 3 rings (SSSR count). The first-order chi connectivity index (χ1) is 13.1. The molecule has 1 atom stereocenters. The maximum absolute atomic E-state index is 13.1. The molecule has 0 radical (unpaired) electrons. The molecule has 1 unspecified atom stereocenters. The molecule has 27 heavy (non-hydrogen) atoms. The van der Waals surface area contributed by atoms with E-state index in [1.165, 1.54) is 12.1 Å².